The highest BCUT2D eigenvalue weighted by atomic mass is 16.5. The zero-order valence-corrected chi connectivity index (χ0v) is 11.6. The van der Waals surface area contributed by atoms with E-state index in [1.165, 1.54) is 0 Å². The van der Waals surface area contributed by atoms with Crippen molar-refractivity contribution < 1.29 is 9.53 Å². The number of rotatable bonds is 4. The molecule has 1 aromatic rings. The van der Waals surface area contributed by atoms with Gasteiger partial charge in [0.25, 0.3) is 5.91 Å². The molecule has 1 amide bonds. The number of nitrogens with two attached hydrogens (primary N) is 1. The SMILES string of the molecule is CNC(CC(C)(C)N)c1ccc2c(c1)NC(=O)CO2. The zero-order chi connectivity index (χ0) is 14.0. The Kier molecular flexibility index (Phi) is 3.78. The van der Waals surface area contributed by atoms with Gasteiger partial charge in [0.05, 0.1) is 5.69 Å². The molecule has 5 nitrogen and oxygen atoms in total. The molecule has 0 saturated carbocycles. The summed E-state index contributed by atoms with van der Waals surface area (Å²) in [6.45, 7) is 4.08. The smallest absolute Gasteiger partial charge is 0.262 e. The summed E-state index contributed by atoms with van der Waals surface area (Å²) in [5, 5.41) is 6.08. The standard InChI is InChI=1S/C14H21N3O2/c1-14(2,15)7-11(16-3)9-4-5-12-10(6-9)17-13(18)8-19-12/h4-6,11,16H,7-8,15H2,1-3H3,(H,17,18). The van der Waals surface area contributed by atoms with Gasteiger partial charge in [-0.15, -0.1) is 0 Å². The van der Waals surface area contributed by atoms with E-state index in [0.717, 1.165) is 17.7 Å². The molecule has 1 unspecified atom stereocenters. The molecule has 0 saturated heterocycles. The third-order valence-electron chi connectivity index (χ3n) is 3.12. The summed E-state index contributed by atoms with van der Waals surface area (Å²) < 4.78 is 5.35. The van der Waals surface area contributed by atoms with Crippen LogP contribution in [0.25, 0.3) is 0 Å². The molecule has 1 heterocycles. The second-order valence-corrected chi connectivity index (χ2v) is 5.63. The average Bonchev–Trinajstić information content (AvgIpc) is 2.34. The van der Waals surface area contributed by atoms with E-state index >= 15 is 0 Å². The highest BCUT2D eigenvalue weighted by Gasteiger charge is 2.22. The van der Waals surface area contributed by atoms with E-state index in [-0.39, 0.29) is 24.1 Å². The van der Waals surface area contributed by atoms with Crippen LogP contribution in [-0.2, 0) is 4.79 Å². The molecule has 0 radical (unpaired) electrons. The van der Waals surface area contributed by atoms with Crippen molar-refractivity contribution in [1.82, 2.24) is 5.32 Å². The lowest BCUT2D eigenvalue weighted by Gasteiger charge is -2.27. The summed E-state index contributed by atoms with van der Waals surface area (Å²) in [4.78, 5) is 11.3. The number of benzene rings is 1. The number of ether oxygens (including phenoxy) is 1. The molecule has 0 fully saturated rings. The predicted octanol–water partition coefficient (Wildman–Crippen LogP) is 1.41. The zero-order valence-electron chi connectivity index (χ0n) is 11.6. The molecule has 5 heteroatoms. The maximum absolute atomic E-state index is 11.3. The molecule has 0 bridgehead atoms. The van der Waals surface area contributed by atoms with E-state index in [0.29, 0.717) is 5.75 Å². The topological polar surface area (TPSA) is 76.4 Å². The van der Waals surface area contributed by atoms with E-state index in [4.69, 9.17) is 10.5 Å². The number of fused-ring (bicyclic) bond motifs is 1. The van der Waals surface area contributed by atoms with Gasteiger partial charge in [0.1, 0.15) is 5.75 Å². The van der Waals surface area contributed by atoms with Crippen molar-refractivity contribution >= 4 is 11.6 Å². The van der Waals surface area contributed by atoms with Gasteiger partial charge in [-0.1, -0.05) is 6.07 Å². The number of hydrogen-bond acceptors (Lipinski definition) is 4. The van der Waals surface area contributed by atoms with Gasteiger partial charge in [0.2, 0.25) is 0 Å². The third kappa shape index (κ3) is 3.45. The molecular weight excluding hydrogens is 242 g/mol. The number of nitrogens with one attached hydrogen (secondary N) is 2. The molecule has 0 aromatic heterocycles. The number of hydrogen-bond donors (Lipinski definition) is 3. The van der Waals surface area contributed by atoms with Crippen molar-refractivity contribution in [1.29, 1.82) is 0 Å². The molecule has 1 aliphatic heterocycles. The first-order valence-corrected chi connectivity index (χ1v) is 6.42. The summed E-state index contributed by atoms with van der Waals surface area (Å²) >= 11 is 0. The fourth-order valence-corrected chi connectivity index (χ4v) is 2.23. The third-order valence-corrected chi connectivity index (χ3v) is 3.12. The van der Waals surface area contributed by atoms with Gasteiger partial charge in [-0.25, -0.2) is 0 Å². The molecule has 2 rings (SSSR count). The van der Waals surface area contributed by atoms with Crippen LogP contribution in [0.5, 0.6) is 5.75 Å². The predicted molar refractivity (Wildman–Crippen MR) is 75.3 cm³/mol. The molecule has 1 atom stereocenters. The Hall–Kier alpha value is -1.59. The van der Waals surface area contributed by atoms with Crippen LogP contribution in [0.2, 0.25) is 0 Å². The number of amides is 1. The number of carbonyl (C=O) groups is 1. The van der Waals surface area contributed by atoms with Crippen molar-refractivity contribution in [3.8, 4) is 5.75 Å². The molecule has 1 aliphatic rings. The van der Waals surface area contributed by atoms with Gasteiger partial charge in [-0.2, -0.15) is 0 Å². The Balaban J connectivity index is 2.24. The highest BCUT2D eigenvalue weighted by Crippen LogP contribution is 2.32. The quantitative estimate of drug-likeness (QED) is 0.767. The number of carbonyl (C=O) groups excluding carboxylic acids is 1. The molecular formula is C14H21N3O2. The first-order chi connectivity index (χ1) is 8.89. The molecule has 19 heavy (non-hydrogen) atoms. The van der Waals surface area contributed by atoms with Crippen LogP contribution >= 0.6 is 0 Å². The monoisotopic (exact) mass is 263 g/mol. The van der Waals surface area contributed by atoms with E-state index in [1.807, 2.05) is 39.1 Å². The summed E-state index contributed by atoms with van der Waals surface area (Å²) in [7, 11) is 1.91. The van der Waals surface area contributed by atoms with E-state index in [2.05, 4.69) is 10.6 Å². The van der Waals surface area contributed by atoms with E-state index in [1.54, 1.807) is 0 Å². The number of anilines is 1. The highest BCUT2D eigenvalue weighted by molar-refractivity contribution is 5.95. The summed E-state index contributed by atoms with van der Waals surface area (Å²) in [6, 6.07) is 5.98. The molecule has 104 valence electrons. The summed E-state index contributed by atoms with van der Waals surface area (Å²) in [5.74, 6) is 0.593. The van der Waals surface area contributed by atoms with Crippen molar-refractivity contribution in [3.63, 3.8) is 0 Å². The minimum Gasteiger partial charge on any atom is -0.482 e. The van der Waals surface area contributed by atoms with Crippen LogP contribution < -0.4 is 21.1 Å². The Morgan fingerprint density at radius 3 is 2.89 bits per heavy atom. The van der Waals surface area contributed by atoms with E-state index < -0.39 is 0 Å². The van der Waals surface area contributed by atoms with Gasteiger partial charge in [0, 0.05) is 11.6 Å². The fourth-order valence-electron chi connectivity index (χ4n) is 2.23. The normalized spacial score (nSPS) is 16.3. The first-order valence-electron chi connectivity index (χ1n) is 6.42. The van der Waals surface area contributed by atoms with Crippen LogP contribution in [0.15, 0.2) is 18.2 Å². The Labute approximate surface area is 113 Å². The van der Waals surface area contributed by atoms with Crippen LogP contribution in [0.4, 0.5) is 5.69 Å². The maximum Gasteiger partial charge on any atom is 0.262 e. The first kappa shape index (κ1) is 13.8. The molecule has 0 spiro atoms. The van der Waals surface area contributed by atoms with Crippen LogP contribution in [0, 0.1) is 0 Å². The van der Waals surface area contributed by atoms with Crippen molar-refractivity contribution in [3.05, 3.63) is 23.8 Å². The van der Waals surface area contributed by atoms with Crippen molar-refractivity contribution in [2.75, 3.05) is 19.0 Å². The lowest BCUT2D eigenvalue weighted by Crippen LogP contribution is -2.37. The molecule has 0 aliphatic carbocycles. The Morgan fingerprint density at radius 2 is 2.26 bits per heavy atom. The van der Waals surface area contributed by atoms with Gasteiger partial charge in [-0.05, 0) is 45.0 Å². The van der Waals surface area contributed by atoms with Crippen molar-refractivity contribution in [2.45, 2.75) is 31.8 Å². The minimum atomic E-state index is -0.261. The minimum absolute atomic E-state index is 0.0810. The molecule has 1 aromatic carbocycles. The average molecular weight is 263 g/mol. The summed E-state index contributed by atoms with van der Waals surface area (Å²) in [5.41, 5.74) is 7.63. The van der Waals surface area contributed by atoms with Crippen molar-refractivity contribution in [2.24, 2.45) is 5.73 Å². The van der Waals surface area contributed by atoms with Gasteiger partial charge < -0.3 is 21.1 Å². The molecule has 4 N–H and O–H groups in total. The maximum atomic E-state index is 11.3. The van der Waals surface area contributed by atoms with E-state index in [9.17, 15) is 4.79 Å². The lowest BCUT2D eigenvalue weighted by atomic mass is 9.91. The fraction of sp³-hybridized carbons (Fsp3) is 0.500. The second-order valence-electron chi connectivity index (χ2n) is 5.63. The van der Waals surface area contributed by atoms with Crippen LogP contribution in [0.3, 0.4) is 0 Å². The Morgan fingerprint density at radius 1 is 1.53 bits per heavy atom. The van der Waals surface area contributed by atoms with Crippen LogP contribution in [-0.4, -0.2) is 25.1 Å². The van der Waals surface area contributed by atoms with Gasteiger partial charge in [0.15, 0.2) is 6.61 Å². The van der Waals surface area contributed by atoms with Crippen LogP contribution in [0.1, 0.15) is 31.9 Å². The largest absolute Gasteiger partial charge is 0.482 e. The Bertz CT molecular complexity index is 480. The summed E-state index contributed by atoms with van der Waals surface area (Å²) in [6.07, 6.45) is 0.803. The van der Waals surface area contributed by atoms with Gasteiger partial charge in [-0.3, -0.25) is 4.79 Å². The van der Waals surface area contributed by atoms with Gasteiger partial charge >= 0.3 is 0 Å². The lowest BCUT2D eigenvalue weighted by molar-refractivity contribution is -0.118. The second kappa shape index (κ2) is 5.19.